The molecule has 45 heavy (non-hydrogen) atoms. The molecule has 3 aromatic rings. The highest BCUT2D eigenvalue weighted by atomic mass is 35.5. The first-order valence-electron chi connectivity index (χ1n) is 14.6. The van der Waals surface area contributed by atoms with E-state index in [1.807, 2.05) is 6.07 Å². The lowest BCUT2D eigenvalue weighted by Gasteiger charge is -2.40. The van der Waals surface area contributed by atoms with E-state index in [4.69, 9.17) is 16.3 Å². The number of amides is 2. The van der Waals surface area contributed by atoms with E-state index in [1.165, 1.54) is 22.1 Å². The van der Waals surface area contributed by atoms with Crippen LogP contribution in [0, 0.1) is 28.5 Å². The molecule has 2 aromatic carbocycles. The van der Waals surface area contributed by atoms with Crippen molar-refractivity contribution in [3.8, 4) is 6.07 Å². The summed E-state index contributed by atoms with van der Waals surface area (Å²) in [5.41, 5.74) is -1.24. The average molecular weight is 633 g/mol. The topological polar surface area (TPSA) is 144 Å². The minimum atomic E-state index is -1.80. The van der Waals surface area contributed by atoms with Crippen LogP contribution in [0.4, 0.5) is 9.18 Å². The number of carbonyl (C=O) groups excluding carboxylic acids is 2. The Labute approximate surface area is 263 Å². The number of fused-ring (bicyclic) bond motifs is 1. The molecule has 0 bridgehead atoms. The van der Waals surface area contributed by atoms with Gasteiger partial charge >= 0.3 is 6.09 Å². The molecule has 1 aromatic heterocycles. The maximum Gasteiger partial charge on any atom is 0.407 e. The third kappa shape index (κ3) is 5.54. The molecule has 2 aliphatic heterocycles. The highest BCUT2D eigenvalue weighted by Crippen LogP contribution is 2.52. The van der Waals surface area contributed by atoms with E-state index < -0.39 is 34.9 Å². The summed E-state index contributed by atoms with van der Waals surface area (Å²) in [6.45, 7) is 0.133. The Morgan fingerprint density at radius 1 is 1.13 bits per heavy atom. The molecule has 1 saturated carbocycles. The largest absolute Gasteiger partial charge is 0.465 e. The number of carboxylic acid groups (broad SMARTS) is 1. The Morgan fingerprint density at radius 2 is 1.84 bits per heavy atom. The predicted molar refractivity (Wildman–Crippen MR) is 159 cm³/mol. The standard InChI is InChI=1S/C33H30ClFN4O6/c34-24-4-2-23(3-5-24)33(45-19-32(18-40)9-10-32)28-26(30(42)39(33)17-25-6-1-20(15-36)16-37-25)13-22(14-27(28)35)29(41)21-7-11-38(12-8-21)31(43)44/h1-6,13-14,16,21,40H,7-12,17-19H2,(H,43,44)/t33-/m1/s1. The van der Waals surface area contributed by atoms with Crippen molar-refractivity contribution >= 4 is 29.4 Å². The van der Waals surface area contributed by atoms with Gasteiger partial charge in [-0.15, -0.1) is 0 Å². The number of carbonyl (C=O) groups is 3. The van der Waals surface area contributed by atoms with Crippen molar-refractivity contribution in [1.82, 2.24) is 14.8 Å². The zero-order valence-electron chi connectivity index (χ0n) is 24.2. The second kappa shape index (κ2) is 11.9. The summed E-state index contributed by atoms with van der Waals surface area (Å²) in [6, 6.07) is 14.2. The van der Waals surface area contributed by atoms with E-state index in [-0.39, 0.29) is 68.2 Å². The van der Waals surface area contributed by atoms with Gasteiger partial charge in [-0.2, -0.15) is 5.26 Å². The molecule has 12 heteroatoms. The number of halogens is 2. The zero-order valence-corrected chi connectivity index (χ0v) is 25.0. The van der Waals surface area contributed by atoms with Crippen molar-refractivity contribution in [3.05, 3.63) is 99.1 Å². The number of nitrogens with zero attached hydrogens (tertiary/aromatic N) is 4. The van der Waals surface area contributed by atoms with Gasteiger partial charge in [0.1, 0.15) is 11.9 Å². The Bertz CT molecular complexity index is 1700. The van der Waals surface area contributed by atoms with Gasteiger partial charge in [-0.3, -0.25) is 19.5 Å². The number of aliphatic hydroxyl groups excluding tert-OH is 1. The van der Waals surface area contributed by atoms with Crippen LogP contribution < -0.4 is 0 Å². The quantitative estimate of drug-likeness (QED) is 0.315. The fourth-order valence-corrected chi connectivity index (χ4v) is 6.30. The molecule has 1 aliphatic carbocycles. The predicted octanol–water partition coefficient (Wildman–Crippen LogP) is 4.96. The van der Waals surface area contributed by atoms with Gasteiger partial charge in [-0.25, -0.2) is 9.18 Å². The first-order valence-corrected chi connectivity index (χ1v) is 15.0. The molecule has 3 heterocycles. The van der Waals surface area contributed by atoms with E-state index in [0.29, 0.717) is 34.7 Å². The minimum absolute atomic E-state index is 0.0192. The van der Waals surface area contributed by atoms with Crippen molar-refractivity contribution < 1.29 is 33.7 Å². The summed E-state index contributed by atoms with van der Waals surface area (Å²) in [5.74, 6) is -2.29. The molecule has 10 nitrogen and oxygen atoms in total. The monoisotopic (exact) mass is 632 g/mol. The third-order valence-corrected chi connectivity index (χ3v) is 9.35. The number of pyridine rings is 1. The normalized spacial score (nSPS) is 20.5. The fraction of sp³-hybridized carbons (Fsp3) is 0.364. The Morgan fingerprint density at radius 3 is 2.42 bits per heavy atom. The number of nitriles is 1. The number of likely N-dealkylation sites (tertiary alicyclic amines) is 1. The van der Waals surface area contributed by atoms with Gasteiger partial charge in [0.15, 0.2) is 11.5 Å². The number of ketones is 1. The molecule has 1 saturated heterocycles. The summed E-state index contributed by atoms with van der Waals surface area (Å²) < 4.78 is 23.2. The molecule has 0 spiro atoms. The van der Waals surface area contributed by atoms with E-state index in [9.17, 15) is 29.9 Å². The Balaban J connectivity index is 1.46. The van der Waals surface area contributed by atoms with Gasteiger partial charge in [-0.05, 0) is 62.1 Å². The summed E-state index contributed by atoms with van der Waals surface area (Å²) >= 11 is 6.22. The first kappa shape index (κ1) is 30.6. The Hall–Kier alpha value is -4.37. The van der Waals surface area contributed by atoms with Crippen molar-refractivity contribution in [2.75, 3.05) is 26.3 Å². The number of ether oxygens (including phenoxy) is 1. The number of aliphatic hydroxyl groups is 1. The molecular weight excluding hydrogens is 603 g/mol. The van der Waals surface area contributed by atoms with Gasteiger partial charge in [0.2, 0.25) is 0 Å². The second-order valence-corrected chi connectivity index (χ2v) is 12.4. The average Bonchev–Trinajstić information content (AvgIpc) is 3.80. The fourth-order valence-electron chi connectivity index (χ4n) is 6.18. The molecule has 232 valence electrons. The molecule has 2 fully saturated rings. The lowest BCUT2D eigenvalue weighted by molar-refractivity contribution is -0.130. The molecule has 1 atom stereocenters. The van der Waals surface area contributed by atoms with E-state index in [1.54, 1.807) is 36.4 Å². The van der Waals surface area contributed by atoms with Crippen LogP contribution >= 0.6 is 11.6 Å². The number of hydrogen-bond acceptors (Lipinski definition) is 7. The number of piperidine rings is 1. The van der Waals surface area contributed by atoms with E-state index in [2.05, 4.69) is 4.98 Å². The van der Waals surface area contributed by atoms with Crippen molar-refractivity contribution in [1.29, 1.82) is 5.26 Å². The van der Waals surface area contributed by atoms with Crippen LogP contribution in [-0.2, 0) is 17.0 Å². The summed E-state index contributed by atoms with van der Waals surface area (Å²) in [6.07, 6.45) is 2.31. The van der Waals surface area contributed by atoms with Crippen LogP contribution in [0.3, 0.4) is 0 Å². The molecular formula is C33H30ClFN4O6. The van der Waals surface area contributed by atoms with Crippen molar-refractivity contribution in [2.24, 2.45) is 11.3 Å². The van der Waals surface area contributed by atoms with Crippen LogP contribution in [-0.4, -0.2) is 69.1 Å². The van der Waals surface area contributed by atoms with Crippen LogP contribution in [0.5, 0.6) is 0 Å². The Kier molecular flexibility index (Phi) is 8.07. The molecule has 2 amide bonds. The van der Waals surface area contributed by atoms with Crippen molar-refractivity contribution in [2.45, 2.75) is 38.0 Å². The number of rotatable bonds is 9. The van der Waals surface area contributed by atoms with Crippen LogP contribution in [0.15, 0.2) is 54.7 Å². The second-order valence-electron chi connectivity index (χ2n) is 11.9. The van der Waals surface area contributed by atoms with Gasteiger partial charge in [-0.1, -0.05) is 23.7 Å². The molecule has 0 radical (unpaired) electrons. The van der Waals surface area contributed by atoms with Gasteiger partial charge in [0.25, 0.3) is 5.91 Å². The van der Waals surface area contributed by atoms with Crippen LogP contribution in [0.2, 0.25) is 5.02 Å². The highest BCUT2D eigenvalue weighted by molar-refractivity contribution is 6.30. The smallest absolute Gasteiger partial charge is 0.407 e. The maximum atomic E-state index is 16.6. The van der Waals surface area contributed by atoms with Gasteiger partial charge < -0.3 is 19.8 Å². The van der Waals surface area contributed by atoms with Gasteiger partial charge in [0, 0.05) is 46.8 Å². The molecule has 2 N–H and O–H groups in total. The number of benzene rings is 2. The lowest BCUT2D eigenvalue weighted by atomic mass is 9.86. The zero-order chi connectivity index (χ0) is 31.9. The van der Waals surface area contributed by atoms with Gasteiger partial charge in [0.05, 0.1) is 42.1 Å². The highest BCUT2D eigenvalue weighted by Gasteiger charge is 2.56. The third-order valence-electron chi connectivity index (χ3n) is 9.09. The van der Waals surface area contributed by atoms with Crippen LogP contribution in [0.25, 0.3) is 0 Å². The van der Waals surface area contributed by atoms with Crippen LogP contribution in [0.1, 0.15) is 68.8 Å². The summed E-state index contributed by atoms with van der Waals surface area (Å²) in [5, 5.41) is 29.0. The molecule has 0 unspecified atom stereocenters. The summed E-state index contributed by atoms with van der Waals surface area (Å²) in [4.78, 5) is 46.2. The lowest BCUT2D eigenvalue weighted by Crippen LogP contribution is -2.48. The SMILES string of the molecule is N#Cc1ccc(CN2C(=O)c3cc(C(=O)C4CCN(C(=O)O)CC4)cc(F)c3[C@]2(OCC2(CO)CC2)c2ccc(Cl)cc2)nc1. The van der Waals surface area contributed by atoms with E-state index >= 15 is 4.39 Å². The number of aromatic nitrogens is 1. The summed E-state index contributed by atoms with van der Waals surface area (Å²) in [7, 11) is 0. The number of Topliss-reactive ketones (excluding diaryl/α,β-unsaturated/α-hetero) is 1. The first-order chi connectivity index (χ1) is 21.6. The van der Waals surface area contributed by atoms with Crippen molar-refractivity contribution in [3.63, 3.8) is 0 Å². The number of hydrogen-bond donors (Lipinski definition) is 2. The minimum Gasteiger partial charge on any atom is -0.465 e. The molecule has 3 aliphatic rings. The molecule has 6 rings (SSSR count). The maximum absolute atomic E-state index is 16.6. The van der Waals surface area contributed by atoms with E-state index in [0.717, 1.165) is 6.07 Å².